The van der Waals surface area contributed by atoms with Crippen LogP contribution in [0, 0.1) is 5.92 Å². The van der Waals surface area contributed by atoms with Crippen molar-refractivity contribution in [2.75, 3.05) is 6.54 Å². The maximum atomic E-state index is 9.36. The van der Waals surface area contributed by atoms with Gasteiger partial charge in [0.05, 0.1) is 0 Å². The van der Waals surface area contributed by atoms with Gasteiger partial charge in [0.1, 0.15) is 5.75 Å². The summed E-state index contributed by atoms with van der Waals surface area (Å²) in [6.45, 7) is 5.89. The van der Waals surface area contributed by atoms with Crippen LogP contribution in [0.1, 0.15) is 38.2 Å². The van der Waals surface area contributed by atoms with Crippen molar-refractivity contribution in [2.45, 2.75) is 44.7 Å². The Hall–Kier alpha value is -1.02. The summed E-state index contributed by atoms with van der Waals surface area (Å²) >= 11 is 0. The van der Waals surface area contributed by atoms with Gasteiger partial charge in [-0.3, -0.25) is 4.90 Å². The zero-order chi connectivity index (χ0) is 12.0. The lowest BCUT2D eigenvalue weighted by molar-refractivity contribution is 0.152. The van der Waals surface area contributed by atoms with E-state index in [1.54, 1.807) is 0 Å². The van der Waals surface area contributed by atoms with Crippen LogP contribution in [-0.4, -0.2) is 28.6 Å². The van der Waals surface area contributed by atoms with Crippen LogP contribution in [0.3, 0.4) is 0 Å². The summed E-state index contributed by atoms with van der Waals surface area (Å²) in [6, 6.07) is 9.22. The number of hydrogen-bond acceptors (Lipinski definition) is 2. The minimum atomic E-state index is 0.373. The third-order valence-corrected chi connectivity index (χ3v) is 4.51. The van der Waals surface area contributed by atoms with Gasteiger partial charge >= 0.3 is 0 Å². The number of hydrogen-bond donors (Lipinski definition) is 1. The van der Waals surface area contributed by atoms with Crippen LogP contribution in [0.15, 0.2) is 24.3 Å². The Morgan fingerprint density at radius 2 is 1.88 bits per heavy atom. The van der Waals surface area contributed by atoms with Crippen LogP contribution >= 0.6 is 0 Å². The predicted molar refractivity (Wildman–Crippen MR) is 69.2 cm³/mol. The SMILES string of the molecule is CC(C)N1CC2CC(c3ccc(O)cc3)C1C2. The minimum Gasteiger partial charge on any atom is -0.508 e. The first-order chi connectivity index (χ1) is 8.15. The fourth-order valence-corrected chi connectivity index (χ4v) is 3.74. The van der Waals surface area contributed by atoms with E-state index in [0.29, 0.717) is 17.7 Å². The van der Waals surface area contributed by atoms with Crippen LogP contribution in [0.5, 0.6) is 5.75 Å². The number of piperidine rings is 1. The van der Waals surface area contributed by atoms with Gasteiger partial charge in [-0.2, -0.15) is 0 Å². The van der Waals surface area contributed by atoms with E-state index in [0.717, 1.165) is 12.0 Å². The van der Waals surface area contributed by atoms with Gasteiger partial charge < -0.3 is 5.11 Å². The molecule has 2 bridgehead atoms. The van der Waals surface area contributed by atoms with Crippen molar-refractivity contribution in [1.82, 2.24) is 4.90 Å². The van der Waals surface area contributed by atoms with Crippen LogP contribution in [-0.2, 0) is 0 Å². The van der Waals surface area contributed by atoms with Crippen molar-refractivity contribution in [1.29, 1.82) is 0 Å². The molecule has 1 aliphatic carbocycles. The normalized spacial score (nSPS) is 32.5. The van der Waals surface area contributed by atoms with Gasteiger partial charge in [0.15, 0.2) is 0 Å². The number of fused-ring (bicyclic) bond motifs is 2. The van der Waals surface area contributed by atoms with Gasteiger partial charge in [0.25, 0.3) is 0 Å². The summed E-state index contributed by atoms with van der Waals surface area (Å²) in [5.74, 6) is 1.94. The number of benzene rings is 1. The highest BCUT2D eigenvalue weighted by Crippen LogP contribution is 2.47. The lowest BCUT2D eigenvalue weighted by Gasteiger charge is -2.36. The molecule has 3 unspecified atom stereocenters. The van der Waals surface area contributed by atoms with E-state index < -0.39 is 0 Å². The number of likely N-dealkylation sites (tertiary alicyclic amines) is 1. The predicted octanol–water partition coefficient (Wildman–Crippen LogP) is 2.98. The number of rotatable bonds is 2. The smallest absolute Gasteiger partial charge is 0.115 e. The van der Waals surface area contributed by atoms with E-state index in [2.05, 4.69) is 30.9 Å². The average molecular weight is 231 g/mol. The van der Waals surface area contributed by atoms with Crippen molar-refractivity contribution < 1.29 is 5.11 Å². The molecule has 2 fully saturated rings. The van der Waals surface area contributed by atoms with Gasteiger partial charge in [-0.25, -0.2) is 0 Å². The lowest BCUT2D eigenvalue weighted by Crippen LogP contribution is -2.41. The Bertz CT molecular complexity index is 398. The standard InChI is InChI=1S/C15H21NO/c1-10(2)16-9-11-7-14(15(16)8-11)12-3-5-13(17)6-4-12/h3-6,10-11,14-15,17H,7-9H2,1-2H3. The van der Waals surface area contributed by atoms with Crippen LogP contribution < -0.4 is 0 Å². The molecule has 0 spiro atoms. The molecule has 1 saturated carbocycles. The number of nitrogens with zero attached hydrogens (tertiary/aromatic N) is 1. The van der Waals surface area contributed by atoms with E-state index in [4.69, 9.17) is 0 Å². The molecule has 0 radical (unpaired) electrons. The molecule has 1 saturated heterocycles. The van der Waals surface area contributed by atoms with Gasteiger partial charge in [-0.15, -0.1) is 0 Å². The summed E-state index contributed by atoms with van der Waals surface area (Å²) in [5.41, 5.74) is 1.40. The molecule has 92 valence electrons. The van der Waals surface area contributed by atoms with Crippen LogP contribution in [0.2, 0.25) is 0 Å². The Balaban J connectivity index is 1.83. The Labute approximate surface area is 103 Å². The number of phenols is 1. The minimum absolute atomic E-state index is 0.373. The average Bonchev–Trinajstić information content (AvgIpc) is 2.89. The second-order valence-corrected chi connectivity index (χ2v) is 5.89. The molecule has 3 atom stereocenters. The Morgan fingerprint density at radius 3 is 2.47 bits per heavy atom. The third-order valence-electron chi connectivity index (χ3n) is 4.51. The van der Waals surface area contributed by atoms with E-state index in [1.807, 2.05) is 12.1 Å². The quantitative estimate of drug-likeness (QED) is 0.846. The van der Waals surface area contributed by atoms with Crippen molar-refractivity contribution in [3.05, 3.63) is 29.8 Å². The molecule has 1 aromatic rings. The highest BCUT2D eigenvalue weighted by Gasteiger charge is 2.45. The summed E-state index contributed by atoms with van der Waals surface area (Å²) in [7, 11) is 0. The van der Waals surface area contributed by atoms with Gasteiger partial charge in [0, 0.05) is 18.6 Å². The molecule has 0 aromatic heterocycles. The molecule has 1 aromatic carbocycles. The molecular formula is C15H21NO. The first kappa shape index (κ1) is 11.1. The van der Waals surface area contributed by atoms with Crippen molar-refractivity contribution >= 4 is 0 Å². The number of aromatic hydroxyl groups is 1. The van der Waals surface area contributed by atoms with E-state index in [-0.39, 0.29) is 0 Å². The molecule has 1 aliphatic heterocycles. The molecule has 2 nitrogen and oxygen atoms in total. The first-order valence-corrected chi connectivity index (χ1v) is 6.70. The topological polar surface area (TPSA) is 23.5 Å². The molecule has 1 N–H and O–H groups in total. The zero-order valence-corrected chi connectivity index (χ0v) is 10.6. The molecule has 1 heterocycles. The highest BCUT2D eigenvalue weighted by atomic mass is 16.3. The van der Waals surface area contributed by atoms with Gasteiger partial charge in [-0.1, -0.05) is 12.1 Å². The monoisotopic (exact) mass is 231 g/mol. The van der Waals surface area contributed by atoms with Crippen molar-refractivity contribution in [3.63, 3.8) is 0 Å². The van der Waals surface area contributed by atoms with Crippen molar-refractivity contribution in [3.8, 4) is 5.75 Å². The molecule has 0 amide bonds. The Morgan fingerprint density at radius 1 is 1.18 bits per heavy atom. The Kier molecular flexibility index (Phi) is 2.62. The van der Waals surface area contributed by atoms with Gasteiger partial charge in [-0.05, 0) is 56.2 Å². The summed E-state index contributed by atoms with van der Waals surface area (Å²) in [4.78, 5) is 2.66. The van der Waals surface area contributed by atoms with Crippen LogP contribution in [0.25, 0.3) is 0 Å². The fourth-order valence-electron chi connectivity index (χ4n) is 3.74. The largest absolute Gasteiger partial charge is 0.508 e. The van der Waals surface area contributed by atoms with E-state index >= 15 is 0 Å². The van der Waals surface area contributed by atoms with Gasteiger partial charge in [0.2, 0.25) is 0 Å². The molecule has 17 heavy (non-hydrogen) atoms. The summed E-state index contributed by atoms with van der Waals surface area (Å²) < 4.78 is 0. The lowest BCUT2D eigenvalue weighted by atomic mass is 9.90. The maximum absolute atomic E-state index is 9.36. The summed E-state index contributed by atoms with van der Waals surface area (Å²) in [5, 5.41) is 9.36. The molecule has 2 aliphatic rings. The molecular weight excluding hydrogens is 210 g/mol. The third kappa shape index (κ3) is 1.85. The number of phenolic OH excluding ortho intramolecular Hbond substituents is 1. The van der Waals surface area contributed by atoms with E-state index in [1.165, 1.54) is 24.9 Å². The second kappa shape index (κ2) is 4.02. The first-order valence-electron chi connectivity index (χ1n) is 6.70. The molecule has 3 rings (SSSR count). The highest BCUT2D eigenvalue weighted by molar-refractivity contribution is 5.31. The van der Waals surface area contributed by atoms with Crippen LogP contribution in [0.4, 0.5) is 0 Å². The fraction of sp³-hybridized carbons (Fsp3) is 0.600. The molecule has 2 heteroatoms. The summed E-state index contributed by atoms with van der Waals surface area (Å²) in [6.07, 6.45) is 2.70. The van der Waals surface area contributed by atoms with Crippen molar-refractivity contribution in [2.24, 2.45) is 5.92 Å². The van der Waals surface area contributed by atoms with E-state index in [9.17, 15) is 5.11 Å². The zero-order valence-electron chi connectivity index (χ0n) is 10.6. The maximum Gasteiger partial charge on any atom is 0.115 e. The second-order valence-electron chi connectivity index (χ2n) is 5.89.